The molecule has 0 amide bonds. The maximum Gasteiger partial charge on any atom is 0.122 e. The number of aryl methyl sites for hydroxylation is 1. The summed E-state index contributed by atoms with van der Waals surface area (Å²) < 4.78 is 0. The largest absolute Gasteiger partial charge is 0.507 e. The second-order valence-corrected chi connectivity index (χ2v) is 7.23. The van der Waals surface area contributed by atoms with Gasteiger partial charge in [0.1, 0.15) is 5.75 Å². The Labute approximate surface area is 142 Å². The summed E-state index contributed by atoms with van der Waals surface area (Å²) in [4.78, 5) is 5.08. The third kappa shape index (κ3) is 4.48. The molecule has 0 radical (unpaired) electrons. The SMILES string of the molecule is CCN(CC)C1CCN(Cc2cc(C(C)C)cc(C)c2O)CC1. The van der Waals surface area contributed by atoms with Crippen LogP contribution >= 0.6 is 0 Å². The molecule has 1 aromatic rings. The van der Waals surface area contributed by atoms with Crippen LogP contribution in [0.2, 0.25) is 0 Å². The number of phenolic OH excluding ortho intramolecular Hbond substituents is 1. The van der Waals surface area contributed by atoms with Crippen LogP contribution in [0.15, 0.2) is 12.1 Å². The maximum atomic E-state index is 10.4. The quantitative estimate of drug-likeness (QED) is 0.854. The van der Waals surface area contributed by atoms with Crippen molar-refractivity contribution in [2.24, 2.45) is 0 Å². The van der Waals surface area contributed by atoms with Crippen molar-refractivity contribution in [3.8, 4) is 5.75 Å². The van der Waals surface area contributed by atoms with Crippen LogP contribution in [0.3, 0.4) is 0 Å². The first kappa shape index (κ1) is 18.3. The minimum absolute atomic E-state index is 0.486. The normalized spacial score (nSPS) is 17.3. The Hall–Kier alpha value is -1.06. The van der Waals surface area contributed by atoms with Gasteiger partial charge in [0.2, 0.25) is 0 Å². The minimum Gasteiger partial charge on any atom is -0.507 e. The summed E-state index contributed by atoms with van der Waals surface area (Å²) in [6.07, 6.45) is 2.48. The highest BCUT2D eigenvalue weighted by molar-refractivity contribution is 5.43. The van der Waals surface area contributed by atoms with Crippen molar-refractivity contribution in [1.82, 2.24) is 9.80 Å². The predicted molar refractivity (Wildman–Crippen MR) is 98.2 cm³/mol. The average Bonchev–Trinajstić information content (AvgIpc) is 2.54. The zero-order valence-electron chi connectivity index (χ0n) is 15.6. The van der Waals surface area contributed by atoms with Crippen LogP contribution in [-0.2, 0) is 6.54 Å². The third-order valence-electron chi connectivity index (χ3n) is 5.35. The molecular formula is C20H34N2O. The van der Waals surface area contributed by atoms with Gasteiger partial charge < -0.3 is 10.0 Å². The Kier molecular flexibility index (Phi) is 6.49. The first-order chi connectivity index (χ1) is 11.0. The van der Waals surface area contributed by atoms with Crippen LogP contribution in [0.1, 0.15) is 63.1 Å². The van der Waals surface area contributed by atoms with Crippen molar-refractivity contribution in [2.45, 2.75) is 66.0 Å². The van der Waals surface area contributed by atoms with Gasteiger partial charge in [-0.05, 0) is 63.0 Å². The number of rotatable bonds is 6. The van der Waals surface area contributed by atoms with Crippen molar-refractivity contribution in [2.75, 3.05) is 26.2 Å². The number of nitrogens with zero attached hydrogens (tertiary/aromatic N) is 2. The van der Waals surface area contributed by atoms with Crippen molar-refractivity contribution < 1.29 is 5.11 Å². The molecule has 0 aliphatic carbocycles. The fourth-order valence-electron chi connectivity index (χ4n) is 3.76. The molecule has 1 aromatic carbocycles. The molecule has 1 heterocycles. The molecule has 2 rings (SSSR count). The van der Waals surface area contributed by atoms with E-state index in [0.29, 0.717) is 11.7 Å². The van der Waals surface area contributed by atoms with Gasteiger partial charge in [-0.2, -0.15) is 0 Å². The van der Waals surface area contributed by atoms with Crippen LogP contribution in [0, 0.1) is 6.92 Å². The van der Waals surface area contributed by atoms with Gasteiger partial charge in [0.05, 0.1) is 0 Å². The summed E-state index contributed by atoms with van der Waals surface area (Å²) in [5.41, 5.74) is 3.42. The number of benzene rings is 1. The van der Waals surface area contributed by atoms with Crippen molar-refractivity contribution in [3.63, 3.8) is 0 Å². The third-order valence-corrected chi connectivity index (χ3v) is 5.35. The van der Waals surface area contributed by atoms with Crippen LogP contribution in [0.25, 0.3) is 0 Å². The van der Waals surface area contributed by atoms with E-state index in [9.17, 15) is 5.11 Å². The van der Waals surface area contributed by atoms with E-state index in [2.05, 4.69) is 49.6 Å². The number of piperidine rings is 1. The fraction of sp³-hybridized carbons (Fsp3) is 0.700. The molecular weight excluding hydrogens is 284 g/mol. The number of aromatic hydroxyl groups is 1. The molecule has 0 atom stereocenters. The number of likely N-dealkylation sites (tertiary alicyclic amines) is 1. The minimum atomic E-state index is 0.486. The topological polar surface area (TPSA) is 26.7 Å². The number of hydrogen-bond donors (Lipinski definition) is 1. The lowest BCUT2D eigenvalue weighted by Gasteiger charge is -2.37. The van der Waals surface area contributed by atoms with Crippen molar-refractivity contribution in [3.05, 3.63) is 28.8 Å². The van der Waals surface area contributed by atoms with Gasteiger partial charge in [0, 0.05) is 18.2 Å². The Morgan fingerprint density at radius 2 is 1.78 bits per heavy atom. The molecule has 23 heavy (non-hydrogen) atoms. The monoisotopic (exact) mass is 318 g/mol. The first-order valence-electron chi connectivity index (χ1n) is 9.25. The van der Waals surface area contributed by atoms with Crippen LogP contribution in [0.5, 0.6) is 5.75 Å². The first-order valence-corrected chi connectivity index (χ1v) is 9.25. The highest BCUT2D eigenvalue weighted by Crippen LogP contribution is 2.29. The average molecular weight is 319 g/mol. The lowest BCUT2D eigenvalue weighted by atomic mass is 9.96. The van der Waals surface area contributed by atoms with E-state index in [1.54, 1.807) is 0 Å². The molecule has 1 saturated heterocycles. The highest BCUT2D eigenvalue weighted by atomic mass is 16.3. The molecule has 0 spiro atoms. The summed E-state index contributed by atoms with van der Waals surface area (Å²) in [6, 6.07) is 5.05. The van der Waals surface area contributed by atoms with Gasteiger partial charge in [-0.15, -0.1) is 0 Å². The van der Waals surface area contributed by atoms with Crippen molar-refractivity contribution in [1.29, 1.82) is 0 Å². The van der Waals surface area contributed by atoms with Gasteiger partial charge in [-0.1, -0.05) is 39.8 Å². The van der Waals surface area contributed by atoms with E-state index < -0.39 is 0 Å². The van der Waals surface area contributed by atoms with E-state index >= 15 is 0 Å². The second kappa shape index (κ2) is 8.16. The zero-order chi connectivity index (χ0) is 17.0. The van der Waals surface area contributed by atoms with Gasteiger partial charge in [0.15, 0.2) is 0 Å². The van der Waals surface area contributed by atoms with E-state index in [1.807, 2.05) is 6.92 Å². The Morgan fingerprint density at radius 3 is 2.30 bits per heavy atom. The fourth-order valence-corrected chi connectivity index (χ4v) is 3.76. The molecule has 0 bridgehead atoms. The molecule has 1 fully saturated rings. The Bertz CT molecular complexity index is 501. The molecule has 0 aromatic heterocycles. The molecule has 1 N–H and O–H groups in total. The van der Waals surface area contributed by atoms with Crippen LogP contribution in [-0.4, -0.2) is 47.1 Å². The summed E-state index contributed by atoms with van der Waals surface area (Å²) in [6.45, 7) is 16.4. The maximum absolute atomic E-state index is 10.4. The molecule has 3 heteroatoms. The lowest BCUT2D eigenvalue weighted by molar-refractivity contribution is 0.112. The smallest absolute Gasteiger partial charge is 0.122 e. The zero-order valence-corrected chi connectivity index (χ0v) is 15.6. The Morgan fingerprint density at radius 1 is 1.17 bits per heavy atom. The van der Waals surface area contributed by atoms with Gasteiger partial charge in [-0.25, -0.2) is 0 Å². The van der Waals surface area contributed by atoms with Gasteiger partial charge in [-0.3, -0.25) is 4.90 Å². The summed E-state index contributed by atoms with van der Waals surface area (Å²) in [5, 5.41) is 10.4. The Balaban J connectivity index is 2.01. The number of phenols is 1. The molecule has 1 aliphatic heterocycles. The standard InChI is InChI=1S/C20H34N2O/c1-6-22(7-2)19-8-10-21(11-9-19)14-18-13-17(15(3)4)12-16(5)20(18)23/h12-13,15,19,23H,6-11,14H2,1-5H3. The van der Waals surface area contributed by atoms with E-state index in [1.165, 1.54) is 18.4 Å². The van der Waals surface area contributed by atoms with Crippen molar-refractivity contribution >= 4 is 0 Å². The molecule has 130 valence electrons. The van der Waals surface area contributed by atoms with E-state index in [4.69, 9.17) is 0 Å². The van der Waals surface area contributed by atoms with Crippen LogP contribution in [0.4, 0.5) is 0 Å². The molecule has 1 aliphatic rings. The summed E-state index contributed by atoms with van der Waals surface area (Å²) in [5.74, 6) is 0.988. The van der Waals surface area contributed by atoms with E-state index in [-0.39, 0.29) is 0 Å². The predicted octanol–water partition coefficient (Wildman–Crippen LogP) is 4.13. The molecule has 0 unspecified atom stereocenters. The summed E-state index contributed by atoms with van der Waals surface area (Å²) in [7, 11) is 0. The van der Waals surface area contributed by atoms with Gasteiger partial charge in [0.25, 0.3) is 0 Å². The second-order valence-electron chi connectivity index (χ2n) is 7.23. The summed E-state index contributed by atoms with van der Waals surface area (Å²) >= 11 is 0. The van der Waals surface area contributed by atoms with Gasteiger partial charge >= 0.3 is 0 Å². The van der Waals surface area contributed by atoms with Crippen LogP contribution < -0.4 is 0 Å². The molecule has 3 nitrogen and oxygen atoms in total. The highest BCUT2D eigenvalue weighted by Gasteiger charge is 2.23. The van der Waals surface area contributed by atoms with E-state index in [0.717, 1.165) is 49.9 Å². The lowest BCUT2D eigenvalue weighted by Crippen LogP contribution is -2.44. The number of hydrogen-bond acceptors (Lipinski definition) is 3. The molecule has 0 saturated carbocycles.